The number of benzene rings is 1. The fourth-order valence-corrected chi connectivity index (χ4v) is 1.98. The molecule has 1 heterocycles. The summed E-state index contributed by atoms with van der Waals surface area (Å²) in [7, 11) is 0. The molecule has 1 aromatic carbocycles. The van der Waals surface area contributed by atoms with Crippen LogP contribution >= 0.6 is 15.9 Å². The number of carbonyl (C=O) groups excluding carboxylic acids is 1. The van der Waals surface area contributed by atoms with Gasteiger partial charge >= 0.3 is 0 Å². The molecule has 0 aliphatic rings. The second-order valence-corrected chi connectivity index (χ2v) is 4.67. The van der Waals surface area contributed by atoms with Gasteiger partial charge in [-0.3, -0.25) is 4.79 Å². The summed E-state index contributed by atoms with van der Waals surface area (Å²) in [6.45, 7) is 0. The van der Waals surface area contributed by atoms with Crippen LogP contribution in [0.2, 0.25) is 0 Å². The lowest BCUT2D eigenvalue weighted by atomic mass is 10.1. The molecule has 0 fully saturated rings. The Kier molecular flexibility index (Phi) is 3.57. The first-order valence-electron chi connectivity index (χ1n) is 5.22. The minimum atomic E-state index is -0.624. The van der Waals surface area contributed by atoms with E-state index in [9.17, 15) is 4.79 Å². The maximum Gasteiger partial charge on any atom is 0.254 e. The van der Waals surface area contributed by atoms with Crippen molar-refractivity contribution in [3.05, 3.63) is 51.9 Å². The third-order valence-corrected chi connectivity index (χ3v) is 2.88. The third-order valence-electron chi connectivity index (χ3n) is 2.38. The smallest absolute Gasteiger partial charge is 0.254 e. The monoisotopic (exact) mass is 306 g/mol. The molecule has 0 radical (unpaired) electrons. The van der Waals surface area contributed by atoms with Gasteiger partial charge in [-0.15, -0.1) is 0 Å². The molecule has 1 aromatic heterocycles. The van der Waals surface area contributed by atoms with Gasteiger partial charge in [-0.2, -0.15) is 0 Å². The second-order valence-electron chi connectivity index (χ2n) is 3.76. The Bertz CT molecular complexity index is 600. The SMILES string of the molecule is NC(=O)c1cnc(Cc2cccc(Br)c2)nc1N. The highest BCUT2D eigenvalue weighted by Crippen LogP contribution is 2.15. The summed E-state index contributed by atoms with van der Waals surface area (Å²) in [5, 5.41) is 0. The Morgan fingerprint density at radius 2 is 2.17 bits per heavy atom. The van der Waals surface area contributed by atoms with Crippen LogP contribution in [-0.2, 0) is 6.42 Å². The predicted octanol–water partition coefficient (Wildman–Crippen LogP) is 1.51. The normalized spacial score (nSPS) is 10.3. The molecule has 0 atom stereocenters. The van der Waals surface area contributed by atoms with Crippen LogP contribution in [0.1, 0.15) is 21.7 Å². The van der Waals surface area contributed by atoms with Crippen molar-refractivity contribution < 1.29 is 4.79 Å². The summed E-state index contributed by atoms with van der Waals surface area (Å²) in [4.78, 5) is 19.1. The van der Waals surface area contributed by atoms with Gasteiger partial charge in [-0.05, 0) is 17.7 Å². The number of amides is 1. The van der Waals surface area contributed by atoms with Crippen LogP contribution in [-0.4, -0.2) is 15.9 Å². The first-order valence-corrected chi connectivity index (χ1v) is 6.01. The molecule has 2 rings (SSSR count). The number of hydrogen-bond donors (Lipinski definition) is 2. The molecule has 6 heteroatoms. The molecule has 0 aliphatic carbocycles. The topological polar surface area (TPSA) is 94.9 Å². The molecule has 5 nitrogen and oxygen atoms in total. The Morgan fingerprint density at radius 1 is 1.39 bits per heavy atom. The largest absolute Gasteiger partial charge is 0.383 e. The van der Waals surface area contributed by atoms with Crippen molar-refractivity contribution in [2.45, 2.75) is 6.42 Å². The van der Waals surface area contributed by atoms with E-state index in [2.05, 4.69) is 25.9 Å². The average molecular weight is 307 g/mol. The van der Waals surface area contributed by atoms with Gasteiger partial charge in [-0.25, -0.2) is 9.97 Å². The maximum atomic E-state index is 11.0. The molecule has 0 saturated carbocycles. The van der Waals surface area contributed by atoms with E-state index in [4.69, 9.17) is 11.5 Å². The van der Waals surface area contributed by atoms with E-state index in [1.54, 1.807) is 0 Å². The molecule has 0 bridgehead atoms. The number of halogens is 1. The number of hydrogen-bond acceptors (Lipinski definition) is 4. The van der Waals surface area contributed by atoms with Gasteiger partial charge in [0.15, 0.2) is 0 Å². The van der Waals surface area contributed by atoms with Crippen molar-refractivity contribution in [2.75, 3.05) is 5.73 Å². The number of nitrogens with zero attached hydrogens (tertiary/aromatic N) is 2. The minimum Gasteiger partial charge on any atom is -0.383 e. The van der Waals surface area contributed by atoms with Crippen LogP contribution < -0.4 is 11.5 Å². The van der Waals surface area contributed by atoms with Crippen molar-refractivity contribution in [3.63, 3.8) is 0 Å². The summed E-state index contributed by atoms with van der Waals surface area (Å²) in [6, 6.07) is 7.81. The Labute approximate surface area is 112 Å². The van der Waals surface area contributed by atoms with Gasteiger partial charge in [0.1, 0.15) is 11.6 Å². The molecular formula is C12H11BrN4O. The van der Waals surface area contributed by atoms with E-state index in [1.165, 1.54) is 6.20 Å². The average Bonchev–Trinajstić information content (AvgIpc) is 2.28. The van der Waals surface area contributed by atoms with E-state index in [1.807, 2.05) is 24.3 Å². The Balaban J connectivity index is 2.25. The number of nitrogen functional groups attached to an aromatic ring is 1. The van der Waals surface area contributed by atoms with Gasteiger partial charge < -0.3 is 11.5 Å². The lowest BCUT2D eigenvalue weighted by Gasteiger charge is -2.04. The zero-order chi connectivity index (χ0) is 13.1. The molecule has 1 amide bonds. The Morgan fingerprint density at radius 3 is 2.78 bits per heavy atom. The molecular weight excluding hydrogens is 296 g/mol. The molecule has 2 aromatic rings. The number of rotatable bonds is 3. The van der Waals surface area contributed by atoms with Gasteiger partial charge in [-0.1, -0.05) is 28.1 Å². The summed E-state index contributed by atoms with van der Waals surface area (Å²) < 4.78 is 0.988. The van der Waals surface area contributed by atoms with Crippen LogP contribution in [0.5, 0.6) is 0 Å². The number of nitrogens with two attached hydrogens (primary N) is 2. The quantitative estimate of drug-likeness (QED) is 0.898. The highest BCUT2D eigenvalue weighted by Gasteiger charge is 2.09. The number of aromatic nitrogens is 2. The van der Waals surface area contributed by atoms with Gasteiger partial charge in [0.05, 0.1) is 5.56 Å². The van der Waals surface area contributed by atoms with Crippen molar-refractivity contribution in [1.82, 2.24) is 9.97 Å². The van der Waals surface area contributed by atoms with E-state index in [0.717, 1.165) is 10.0 Å². The second kappa shape index (κ2) is 5.14. The summed E-state index contributed by atoms with van der Waals surface area (Å²) in [5.74, 6) is 0.0413. The fourth-order valence-electron chi connectivity index (χ4n) is 1.54. The predicted molar refractivity (Wildman–Crippen MR) is 71.9 cm³/mol. The van der Waals surface area contributed by atoms with E-state index < -0.39 is 5.91 Å². The number of primary amides is 1. The van der Waals surface area contributed by atoms with Gasteiger partial charge in [0.2, 0.25) is 0 Å². The molecule has 0 saturated heterocycles. The summed E-state index contributed by atoms with van der Waals surface area (Å²) in [5.41, 5.74) is 12.0. The maximum absolute atomic E-state index is 11.0. The molecule has 0 aliphatic heterocycles. The molecule has 0 unspecified atom stereocenters. The first-order chi connectivity index (χ1) is 8.56. The molecule has 18 heavy (non-hydrogen) atoms. The zero-order valence-electron chi connectivity index (χ0n) is 9.43. The molecule has 4 N–H and O–H groups in total. The van der Waals surface area contributed by atoms with E-state index >= 15 is 0 Å². The van der Waals surface area contributed by atoms with E-state index in [-0.39, 0.29) is 11.4 Å². The van der Waals surface area contributed by atoms with Crippen molar-refractivity contribution >= 4 is 27.7 Å². The number of carbonyl (C=O) groups is 1. The summed E-state index contributed by atoms with van der Waals surface area (Å²) >= 11 is 3.39. The third kappa shape index (κ3) is 2.84. The van der Waals surface area contributed by atoms with Crippen LogP contribution in [0.3, 0.4) is 0 Å². The number of anilines is 1. The van der Waals surface area contributed by atoms with Crippen LogP contribution in [0.4, 0.5) is 5.82 Å². The fraction of sp³-hybridized carbons (Fsp3) is 0.0833. The van der Waals surface area contributed by atoms with Gasteiger partial charge in [0, 0.05) is 17.1 Å². The van der Waals surface area contributed by atoms with Crippen molar-refractivity contribution in [3.8, 4) is 0 Å². The standard InChI is InChI=1S/C12H11BrN4O/c13-8-3-1-2-7(4-8)5-10-16-6-9(12(15)18)11(14)17-10/h1-4,6H,5H2,(H2,15,18)(H2,14,16,17). The van der Waals surface area contributed by atoms with Crippen molar-refractivity contribution in [1.29, 1.82) is 0 Å². The van der Waals surface area contributed by atoms with Gasteiger partial charge in [0.25, 0.3) is 5.91 Å². The van der Waals surface area contributed by atoms with E-state index in [0.29, 0.717) is 12.2 Å². The highest BCUT2D eigenvalue weighted by atomic mass is 79.9. The van der Waals surface area contributed by atoms with Crippen LogP contribution in [0.25, 0.3) is 0 Å². The first kappa shape index (κ1) is 12.5. The zero-order valence-corrected chi connectivity index (χ0v) is 11.0. The van der Waals surface area contributed by atoms with Crippen LogP contribution in [0, 0.1) is 0 Å². The summed E-state index contributed by atoms with van der Waals surface area (Å²) in [6.07, 6.45) is 1.90. The lowest BCUT2D eigenvalue weighted by Crippen LogP contribution is -2.16. The molecule has 92 valence electrons. The highest BCUT2D eigenvalue weighted by molar-refractivity contribution is 9.10. The minimum absolute atomic E-state index is 0.113. The lowest BCUT2D eigenvalue weighted by molar-refractivity contribution is 0.100. The van der Waals surface area contributed by atoms with Crippen molar-refractivity contribution in [2.24, 2.45) is 5.73 Å². The Hall–Kier alpha value is -1.95. The van der Waals surface area contributed by atoms with Crippen LogP contribution in [0.15, 0.2) is 34.9 Å². The molecule has 0 spiro atoms.